The van der Waals surface area contributed by atoms with Gasteiger partial charge in [0.25, 0.3) is 5.91 Å². The Kier molecular flexibility index (Phi) is 8.99. The number of rotatable bonds is 5. The molecule has 1 aromatic carbocycles. The number of carbonyl (C=O) groups excluding carboxylic acids is 1. The molecule has 1 aromatic rings. The lowest BCUT2D eigenvalue weighted by atomic mass is 9.88. The molecule has 2 aliphatic heterocycles. The van der Waals surface area contributed by atoms with Crippen LogP contribution in [0.3, 0.4) is 0 Å². The lowest BCUT2D eigenvalue weighted by Gasteiger charge is -2.28. The molecule has 1 saturated heterocycles. The van der Waals surface area contributed by atoms with Crippen LogP contribution in [0.15, 0.2) is 28.6 Å². The van der Waals surface area contributed by atoms with E-state index in [4.69, 9.17) is 10.1 Å². The molecule has 170 valence electrons. The number of aliphatic hydroxyl groups is 1. The molecular weight excluding hydrogens is 408 g/mol. The minimum atomic E-state index is -0.419. The molecule has 0 radical (unpaired) electrons. The van der Waals surface area contributed by atoms with Gasteiger partial charge in [0, 0.05) is 18.2 Å². The van der Waals surface area contributed by atoms with Gasteiger partial charge in [0.1, 0.15) is 11.4 Å². The SMILES string of the molecule is Cc1ccc(NCCO)cc1/C=C/S.O=C1NC(C2CCCCC2)=NC12CCNCC2. The second-order valence-corrected chi connectivity index (χ2v) is 8.90. The third-order valence-electron chi connectivity index (χ3n) is 6.40. The van der Waals surface area contributed by atoms with E-state index in [1.165, 1.54) is 37.7 Å². The summed E-state index contributed by atoms with van der Waals surface area (Å²) in [6.45, 7) is 4.60. The summed E-state index contributed by atoms with van der Waals surface area (Å²) in [6.07, 6.45) is 9.97. The Morgan fingerprint density at radius 3 is 2.68 bits per heavy atom. The van der Waals surface area contributed by atoms with Gasteiger partial charge in [-0.1, -0.05) is 25.3 Å². The fourth-order valence-electron chi connectivity index (χ4n) is 4.50. The normalized spacial score (nSPS) is 20.9. The number of amidine groups is 1. The molecule has 2 heterocycles. The Hall–Kier alpha value is -1.83. The van der Waals surface area contributed by atoms with Crippen LogP contribution in [0.2, 0.25) is 0 Å². The molecule has 1 amide bonds. The van der Waals surface area contributed by atoms with E-state index in [9.17, 15) is 4.79 Å². The molecule has 1 aliphatic carbocycles. The van der Waals surface area contributed by atoms with Gasteiger partial charge in [0.15, 0.2) is 0 Å². The van der Waals surface area contributed by atoms with Crippen LogP contribution in [0.5, 0.6) is 0 Å². The van der Waals surface area contributed by atoms with Gasteiger partial charge in [0.05, 0.1) is 6.61 Å². The maximum atomic E-state index is 12.2. The van der Waals surface area contributed by atoms with Gasteiger partial charge in [-0.3, -0.25) is 9.79 Å². The second kappa shape index (κ2) is 11.7. The van der Waals surface area contributed by atoms with Crippen molar-refractivity contribution in [2.45, 2.75) is 57.4 Å². The van der Waals surface area contributed by atoms with Crippen molar-refractivity contribution in [3.8, 4) is 0 Å². The van der Waals surface area contributed by atoms with E-state index in [1.807, 2.05) is 24.3 Å². The van der Waals surface area contributed by atoms with Crippen molar-refractivity contribution in [2.75, 3.05) is 31.6 Å². The molecule has 0 unspecified atom stereocenters. The summed E-state index contributed by atoms with van der Waals surface area (Å²) in [5.74, 6) is 1.66. The van der Waals surface area contributed by atoms with E-state index in [-0.39, 0.29) is 12.5 Å². The molecule has 3 aliphatic rings. The molecule has 31 heavy (non-hydrogen) atoms. The number of piperidine rings is 1. The van der Waals surface area contributed by atoms with Gasteiger partial charge >= 0.3 is 0 Å². The predicted molar refractivity (Wildman–Crippen MR) is 132 cm³/mol. The van der Waals surface area contributed by atoms with Gasteiger partial charge in [0.2, 0.25) is 0 Å². The van der Waals surface area contributed by atoms with Crippen molar-refractivity contribution >= 4 is 36.1 Å². The predicted octanol–water partition coefficient (Wildman–Crippen LogP) is 3.52. The first-order valence-corrected chi connectivity index (χ1v) is 12.0. The number of amides is 1. The Bertz CT molecular complexity index is 797. The molecule has 4 N–H and O–H groups in total. The Balaban J connectivity index is 0.000000180. The highest BCUT2D eigenvalue weighted by atomic mass is 32.1. The van der Waals surface area contributed by atoms with Gasteiger partial charge < -0.3 is 21.1 Å². The number of benzene rings is 1. The van der Waals surface area contributed by atoms with Gasteiger partial charge in [-0.15, -0.1) is 0 Å². The van der Waals surface area contributed by atoms with Crippen LogP contribution in [0.1, 0.15) is 56.1 Å². The zero-order valence-corrected chi connectivity index (χ0v) is 19.4. The lowest BCUT2D eigenvalue weighted by molar-refractivity contribution is -0.124. The van der Waals surface area contributed by atoms with Crippen LogP contribution in [-0.2, 0) is 4.79 Å². The number of thiol groups is 1. The first-order chi connectivity index (χ1) is 15.1. The van der Waals surface area contributed by atoms with Gasteiger partial charge in [-0.05, 0) is 80.4 Å². The van der Waals surface area contributed by atoms with Crippen LogP contribution in [0, 0.1) is 12.8 Å². The van der Waals surface area contributed by atoms with Crippen LogP contribution < -0.4 is 16.0 Å². The molecular formula is C24H36N4O2S. The van der Waals surface area contributed by atoms with Crippen LogP contribution >= 0.6 is 12.6 Å². The Morgan fingerprint density at radius 1 is 1.26 bits per heavy atom. The van der Waals surface area contributed by atoms with E-state index in [0.29, 0.717) is 12.5 Å². The number of hydrogen-bond acceptors (Lipinski definition) is 6. The van der Waals surface area contributed by atoms with Crippen molar-refractivity contribution < 1.29 is 9.90 Å². The van der Waals surface area contributed by atoms with Crippen LogP contribution in [0.4, 0.5) is 5.69 Å². The summed E-state index contributed by atoms with van der Waals surface area (Å²) < 4.78 is 0. The van der Waals surface area contributed by atoms with Crippen LogP contribution in [-0.4, -0.2) is 48.6 Å². The summed E-state index contributed by atoms with van der Waals surface area (Å²) in [4.78, 5) is 17.0. The van der Waals surface area contributed by atoms with E-state index >= 15 is 0 Å². The van der Waals surface area contributed by atoms with Crippen molar-refractivity contribution in [1.82, 2.24) is 10.6 Å². The third-order valence-corrected chi connectivity index (χ3v) is 6.54. The zero-order chi connectivity index (χ0) is 22.1. The number of anilines is 1. The molecule has 7 heteroatoms. The standard InChI is InChI=1S/C13H21N3O.C11H15NOS/c17-12-13(6-8-14-9-7-13)16-11(15-12)10-4-2-1-3-5-10;1-9-2-3-11(12-5-6-13)8-10(9)4-7-14/h10,14H,1-9H2,(H,15,16,17);2-4,7-8,12-14H,5-6H2,1H3/b;7-4+. The van der Waals surface area contributed by atoms with Crippen molar-refractivity contribution in [3.63, 3.8) is 0 Å². The molecule has 2 fully saturated rings. The summed E-state index contributed by atoms with van der Waals surface area (Å²) in [5, 5.41) is 19.9. The van der Waals surface area contributed by atoms with Crippen molar-refractivity contribution in [3.05, 3.63) is 34.7 Å². The summed E-state index contributed by atoms with van der Waals surface area (Å²) in [7, 11) is 0. The van der Waals surface area contributed by atoms with Gasteiger partial charge in [-0.25, -0.2) is 0 Å². The molecule has 4 rings (SSSR count). The van der Waals surface area contributed by atoms with Crippen LogP contribution in [0.25, 0.3) is 6.08 Å². The van der Waals surface area contributed by atoms with E-state index in [2.05, 4.69) is 35.5 Å². The zero-order valence-electron chi connectivity index (χ0n) is 18.5. The fourth-order valence-corrected chi connectivity index (χ4v) is 4.66. The molecule has 0 atom stereocenters. The average molecular weight is 445 g/mol. The van der Waals surface area contributed by atoms with Gasteiger partial charge in [-0.2, -0.15) is 12.6 Å². The largest absolute Gasteiger partial charge is 0.395 e. The number of aliphatic hydroxyl groups excluding tert-OH is 1. The van der Waals surface area contributed by atoms with E-state index in [0.717, 1.165) is 43.0 Å². The fraction of sp³-hybridized carbons (Fsp3) is 0.583. The first-order valence-electron chi connectivity index (χ1n) is 11.5. The molecule has 1 spiro atoms. The summed E-state index contributed by atoms with van der Waals surface area (Å²) in [5.41, 5.74) is 2.96. The van der Waals surface area contributed by atoms with E-state index < -0.39 is 5.54 Å². The molecule has 1 saturated carbocycles. The highest BCUT2D eigenvalue weighted by Gasteiger charge is 2.45. The first kappa shape index (κ1) is 23.8. The molecule has 6 nitrogen and oxygen atoms in total. The second-order valence-electron chi connectivity index (χ2n) is 8.61. The minimum absolute atomic E-state index is 0.144. The third kappa shape index (κ3) is 6.34. The Labute approximate surface area is 191 Å². The number of nitrogens with zero attached hydrogens (tertiary/aromatic N) is 1. The lowest BCUT2D eigenvalue weighted by Crippen LogP contribution is -2.47. The highest BCUT2D eigenvalue weighted by Crippen LogP contribution is 2.32. The molecule has 0 aromatic heterocycles. The minimum Gasteiger partial charge on any atom is -0.395 e. The topological polar surface area (TPSA) is 85.8 Å². The quantitative estimate of drug-likeness (QED) is 0.450. The monoisotopic (exact) mass is 444 g/mol. The highest BCUT2D eigenvalue weighted by molar-refractivity contribution is 7.83. The van der Waals surface area contributed by atoms with Crippen molar-refractivity contribution in [2.24, 2.45) is 10.9 Å². The smallest absolute Gasteiger partial charge is 0.253 e. The number of carbonyl (C=O) groups is 1. The number of aryl methyl sites for hydroxylation is 1. The molecule has 0 bridgehead atoms. The maximum Gasteiger partial charge on any atom is 0.253 e. The number of aliphatic imine (C=N–C) groups is 1. The number of nitrogens with one attached hydrogen (secondary N) is 3. The Morgan fingerprint density at radius 2 is 2.00 bits per heavy atom. The number of hydrogen-bond donors (Lipinski definition) is 5. The maximum absolute atomic E-state index is 12.2. The summed E-state index contributed by atoms with van der Waals surface area (Å²) >= 11 is 4.04. The van der Waals surface area contributed by atoms with E-state index in [1.54, 1.807) is 5.41 Å². The average Bonchev–Trinajstić information content (AvgIpc) is 3.11. The summed E-state index contributed by atoms with van der Waals surface area (Å²) in [6, 6.07) is 6.08. The van der Waals surface area contributed by atoms with Crippen molar-refractivity contribution in [1.29, 1.82) is 0 Å².